The van der Waals surface area contributed by atoms with Crippen LogP contribution in [0.4, 0.5) is 0 Å². The first-order valence-electron chi connectivity index (χ1n) is 18.8. The lowest BCUT2D eigenvalue weighted by atomic mass is 9.79. The van der Waals surface area contributed by atoms with E-state index in [1.54, 1.807) is 0 Å². The predicted molar refractivity (Wildman–Crippen MR) is 207 cm³/mol. The van der Waals surface area contributed by atoms with Gasteiger partial charge in [0.05, 0.1) is 17.0 Å². The summed E-state index contributed by atoms with van der Waals surface area (Å²) in [5.41, 5.74) is -1.79. The summed E-state index contributed by atoms with van der Waals surface area (Å²) in [5.74, 6) is -18.8. The summed E-state index contributed by atoms with van der Waals surface area (Å²) >= 11 is 0. The standard InChI is InChI=1S/C43H32O21/c44-15-5-21(46)17-10-30(62-41(57)13-1-23(48)35(54)24(49)2-13)38(60-28(17)7-15)19-9-27(52)37(56)40-33(19)34-20(12-32(53)43(34,59)64-40)39-31(11-18-22(47)6-16(45)8-29(18)61-39)63-42(58)14-3-25(50)36(55)26(51)4-14/h1-9,12,30-31,34,38-39,44-52,54-56,59H,10-11H2/t30-,31-,34?,38-,39-,43?/m1/s1. The van der Waals surface area contributed by atoms with Gasteiger partial charge in [0.2, 0.25) is 11.5 Å². The minimum Gasteiger partial charge on any atom is -0.508 e. The average molecular weight is 885 g/mol. The van der Waals surface area contributed by atoms with Crippen molar-refractivity contribution >= 4 is 17.7 Å². The molecular formula is C43H32O21. The smallest absolute Gasteiger partial charge is 0.338 e. The van der Waals surface area contributed by atoms with E-state index in [9.17, 15) is 80.8 Å². The van der Waals surface area contributed by atoms with Crippen LogP contribution in [-0.4, -0.2) is 108 Å². The monoisotopic (exact) mass is 884 g/mol. The molecule has 0 radical (unpaired) electrons. The molecular weight excluding hydrogens is 852 g/mol. The van der Waals surface area contributed by atoms with Gasteiger partial charge in [-0.3, -0.25) is 4.79 Å². The number of phenolic OH excluding ortho intramolecular Hbond substituents is 12. The lowest BCUT2D eigenvalue weighted by Crippen LogP contribution is -2.46. The molecule has 5 aromatic rings. The molecule has 3 heterocycles. The fraction of sp³-hybridized carbons (Fsp3) is 0.186. The quantitative estimate of drug-likeness (QED) is 0.0861. The van der Waals surface area contributed by atoms with Gasteiger partial charge in [-0.15, -0.1) is 0 Å². The zero-order valence-corrected chi connectivity index (χ0v) is 32.2. The number of aliphatic hydroxyl groups is 1. The molecule has 0 bridgehead atoms. The van der Waals surface area contributed by atoms with E-state index in [0.717, 1.165) is 60.7 Å². The van der Waals surface area contributed by atoms with Crippen molar-refractivity contribution in [2.24, 2.45) is 0 Å². The maximum absolute atomic E-state index is 13.9. The Morgan fingerprint density at radius 3 is 1.48 bits per heavy atom. The highest BCUT2D eigenvalue weighted by Gasteiger charge is 2.63. The third-order valence-electron chi connectivity index (χ3n) is 11.3. The Labute approximate surface area is 356 Å². The van der Waals surface area contributed by atoms with Gasteiger partial charge in [-0.25, -0.2) is 9.59 Å². The molecule has 0 saturated carbocycles. The van der Waals surface area contributed by atoms with Crippen LogP contribution in [0.1, 0.15) is 55.0 Å². The first-order valence-corrected chi connectivity index (χ1v) is 18.8. The first kappa shape index (κ1) is 40.8. The van der Waals surface area contributed by atoms with Crippen LogP contribution in [0.25, 0.3) is 0 Å². The highest BCUT2D eigenvalue weighted by molar-refractivity contribution is 6.03. The fourth-order valence-corrected chi connectivity index (χ4v) is 8.39. The molecule has 0 amide bonds. The van der Waals surface area contributed by atoms with E-state index in [4.69, 9.17) is 23.7 Å². The Morgan fingerprint density at radius 2 is 1.00 bits per heavy atom. The molecule has 5 aromatic carbocycles. The number of rotatable bonds is 6. The predicted octanol–water partition coefficient (Wildman–Crippen LogP) is 2.96. The summed E-state index contributed by atoms with van der Waals surface area (Å²) in [6.07, 6.45) is -6.46. The number of ether oxygens (including phenoxy) is 5. The summed E-state index contributed by atoms with van der Waals surface area (Å²) in [4.78, 5) is 41.2. The van der Waals surface area contributed by atoms with Crippen molar-refractivity contribution < 1.29 is 104 Å². The second kappa shape index (κ2) is 14.2. The minimum absolute atomic E-state index is 0.00420. The second-order valence-corrected chi connectivity index (χ2v) is 15.3. The van der Waals surface area contributed by atoms with Crippen LogP contribution in [0.15, 0.2) is 66.2 Å². The van der Waals surface area contributed by atoms with Crippen molar-refractivity contribution in [1.29, 1.82) is 0 Å². The van der Waals surface area contributed by atoms with Crippen molar-refractivity contribution in [3.05, 3.63) is 99.6 Å². The summed E-state index contributed by atoms with van der Waals surface area (Å²) in [6.45, 7) is 0. The second-order valence-electron chi connectivity index (χ2n) is 15.3. The van der Waals surface area contributed by atoms with Crippen LogP contribution in [-0.2, 0) is 27.1 Å². The lowest BCUT2D eigenvalue weighted by Gasteiger charge is -2.37. The molecule has 0 spiro atoms. The molecule has 1 aliphatic carbocycles. The van der Waals surface area contributed by atoms with Gasteiger partial charge in [-0.2, -0.15) is 0 Å². The largest absolute Gasteiger partial charge is 0.508 e. The number of benzene rings is 5. The Morgan fingerprint density at radius 1 is 0.562 bits per heavy atom. The van der Waals surface area contributed by atoms with Crippen LogP contribution in [0, 0.1) is 0 Å². The molecule has 21 heteroatoms. The molecule has 13 N–H and O–H groups in total. The zero-order chi connectivity index (χ0) is 45.8. The number of phenols is 12. The SMILES string of the molecule is O=C(O[C@@H]1Cc2c(O)cc(O)cc2O[C@@H]1C1=CC(=O)C2(O)Oc3c(O)c(O)cc([C@H]4Oc5cc(O)cc(O)c5C[C@H]4OC(=O)c4cc(O)c(O)c(O)c4)c3C12)c1cc(O)c(O)c(O)c1. The molecule has 0 aromatic heterocycles. The van der Waals surface area contributed by atoms with Gasteiger partial charge in [0, 0.05) is 59.4 Å². The molecule has 0 fully saturated rings. The Bertz CT molecular complexity index is 2870. The van der Waals surface area contributed by atoms with E-state index >= 15 is 0 Å². The van der Waals surface area contributed by atoms with Crippen LogP contribution in [0.2, 0.25) is 0 Å². The van der Waals surface area contributed by atoms with E-state index in [2.05, 4.69) is 0 Å². The number of carbonyl (C=O) groups is 3. The molecule has 9 rings (SSSR count). The van der Waals surface area contributed by atoms with Gasteiger partial charge in [-0.05, 0) is 42.0 Å². The van der Waals surface area contributed by atoms with E-state index in [1.165, 1.54) is 0 Å². The number of fused-ring (bicyclic) bond motifs is 5. The van der Waals surface area contributed by atoms with Crippen molar-refractivity contribution in [2.45, 2.75) is 49.0 Å². The molecule has 3 aliphatic heterocycles. The first-order chi connectivity index (χ1) is 30.2. The zero-order valence-electron chi connectivity index (χ0n) is 32.2. The van der Waals surface area contributed by atoms with Gasteiger partial charge in [-0.1, -0.05) is 0 Å². The number of hydrogen-bond donors (Lipinski definition) is 13. The van der Waals surface area contributed by atoms with Crippen molar-refractivity contribution in [1.82, 2.24) is 0 Å². The van der Waals surface area contributed by atoms with Gasteiger partial charge in [0.1, 0.15) is 46.7 Å². The summed E-state index contributed by atoms with van der Waals surface area (Å²) in [6, 6.07) is 8.15. The molecule has 330 valence electrons. The fourth-order valence-electron chi connectivity index (χ4n) is 8.39. The third kappa shape index (κ3) is 6.32. The van der Waals surface area contributed by atoms with Crippen LogP contribution < -0.4 is 14.2 Å². The van der Waals surface area contributed by atoms with Gasteiger partial charge in [0.15, 0.2) is 58.2 Å². The van der Waals surface area contributed by atoms with Gasteiger partial charge >= 0.3 is 11.9 Å². The molecule has 2 unspecified atom stereocenters. The molecule has 21 nitrogen and oxygen atoms in total. The normalized spacial score (nSPS) is 22.7. The maximum Gasteiger partial charge on any atom is 0.338 e. The van der Waals surface area contributed by atoms with E-state index in [0.29, 0.717) is 0 Å². The average Bonchev–Trinajstić information content (AvgIpc) is 3.68. The van der Waals surface area contributed by atoms with Gasteiger partial charge < -0.3 is 90.1 Å². The maximum atomic E-state index is 13.9. The van der Waals surface area contributed by atoms with E-state index in [-0.39, 0.29) is 39.3 Å². The number of aromatic hydroxyl groups is 12. The van der Waals surface area contributed by atoms with E-state index < -0.39 is 153 Å². The van der Waals surface area contributed by atoms with Crippen molar-refractivity contribution in [3.63, 3.8) is 0 Å². The Balaban J connectivity index is 1.18. The lowest BCUT2D eigenvalue weighted by molar-refractivity contribution is -0.163. The number of hydrogen-bond acceptors (Lipinski definition) is 21. The third-order valence-corrected chi connectivity index (χ3v) is 11.3. The molecule has 4 aliphatic rings. The van der Waals surface area contributed by atoms with Crippen molar-refractivity contribution in [3.8, 4) is 86.2 Å². The highest BCUT2D eigenvalue weighted by Crippen LogP contribution is 2.61. The molecule has 64 heavy (non-hydrogen) atoms. The van der Waals surface area contributed by atoms with Crippen LogP contribution >= 0.6 is 0 Å². The number of carbonyl (C=O) groups excluding carboxylic acids is 3. The van der Waals surface area contributed by atoms with Crippen LogP contribution in [0.5, 0.6) is 86.2 Å². The summed E-state index contributed by atoms with van der Waals surface area (Å²) in [7, 11) is 0. The Hall–Kier alpha value is -8.59. The van der Waals surface area contributed by atoms with E-state index in [1.807, 2.05) is 0 Å². The topological polar surface area (TPSA) is 360 Å². The van der Waals surface area contributed by atoms with Crippen molar-refractivity contribution in [2.75, 3.05) is 0 Å². The minimum atomic E-state index is -2.96. The molecule has 6 atom stereocenters. The van der Waals surface area contributed by atoms with Crippen LogP contribution in [0.3, 0.4) is 0 Å². The summed E-state index contributed by atoms with van der Waals surface area (Å²) in [5, 5.41) is 137. The number of esters is 2. The Kier molecular flexibility index (Phi) is 9.08. The highest BCUT2D eigenvalue weighted by atomic mass is 16.6. The summed E-state index contributed by atoms with van der Waals surface area (Å²) < 4.78 is 29.8. The molecule has 0 saturated heterocycles. The number of ketones is 1. The van der Waals surface area contributed by atoms with Gasteiger partial charge in [0.25, 0.3) is 5.79 Å².